The molecule has 0 aliphatic heterocycles. The molecule has 3 N–H and O–H groups in total. The van der Waals surface area contributed by atoms with Crippen molar-refractivity contribution in [2.45, 2.75) is 13.8 Å². The number of amides is 1. The van der Waals surface area contributed by atoms with Crippen molar-refractivity contribution in [1.82, 2.24) is 9.97 Å². The number of nitrogens with two attached hydrogens (primary N) is 1. The number of nitrogens with one attached hydrogen (secondary N) is 1. The third-order valence-corrected chi connectivity index (χ3v) is 4.00. The smallest absolute Gasteiger partial charge is 0.242 e. The Labute approximate surface area is 145 Å². The molecule has 0 saturated carbocycles. The number of hydrogen-bond donors (Lipinski definition) is 2. The topological polar surface area (TPSA) is 105 Å². The molecule has 0 aliphatic rings. The molecule has 124 valence electrons. The standard InChI is InChI=1S/C19H17N5O/c1-11-5-3-4-6-14(11)16-7-13-8-17(24-19(25)12(2)9-20)22-10-15(13)18(21)23-16/h3-8,10,12H,1-2H3,(H2,21,23)(H,22,24,25). The normalized spacial score (nSPS) is 11.7. The van der Waals surface area contributed by atoms with Gasteiger partial charge in [-0.2, -0.15) is 5.26 Å². The van der Waals surface area contributed by atoms with Crippen LogP contribution in [0.3, 0.4) is 0 Å². The molecule has 1 amide bonds. The summed E-state index contributed by atoms with van der Waals surface area (Å²) in [4.78, 5) is 20.5. The van der Waals surface area contributed by atoms with Crippen LogP contribution in [0, 0.1) is 24.2 Å². The lowest BCUT2D eigenvalue weighted by molar-refractivity contribution is -0.117. The molecule has 3 rings (SSSR count). The first-order chi connectivity index (χ1) is 12.0. The van der Waals surface area contributed by atoms with Crippen LogP contribution < -0.4 is 11.1 Å². The first kappa shape index (κ1) is 16.4. The van der Waals surface area contributed by atoms with E-state index in [0.29, 0.717) is 17.0 Å². The zero-order valence-corrected chi connectivity index (χ0v) is 13.9. The third kappa shape index (κ3) is 3.26. The molecule has 1 unspecified atom stereocenters. The Morgan fingerprint density at radius 1 is 1.32 bits per heavy atom. The fourth-order valence-corrected chi connectivity index (χ4v) is 2.53. The van der Waals surface area contributed by atoms with E-state index < -0.39 is 11.8 Å². The maximum Gasteiger partial charge on any atom is 0.242 e. The van der Waals surface area contributed by atoms with Crippen molar-refractivity contribution in [3.05, 3.63) is 48.2 Å². The molecule has 25 heavy (non-hydrogen) atoms. The molecular formula is C19H17N5O. The van der Waals surface area contributed by atoms with E-state index in [-0.39, 0.29) is 0 Å². The Morgan fingerprint density at radius 3 is 2.80 bits per heavy atom. The quantitative estimate of drug-likeness (QED) is 0.766. The Morgan fingerprint density at radius 2 is 2.08 bits per heavy atom. The average Bonchev–Trinajstić information content (AvgIpc) is 2.61. The van der Waals surface area contributed by atoms with Crippen LogP contribution in [-0.2, 0) is 4.79 Å². The Kier molecular flexibility index (Phi) is 4.31. The van der Waals surface area contributed by atoms with Crippen molar-refractivity contribution in [2.24, 2.45) is 5.92 Å². The van der Waals surface area contributed by atoms with E-state index in [9.17, 15) is 4.79 Å². The molecule has 6 heteroatoms. The van der Waals surface area contributed by atoms with E-state index in [1.807, 2.05) is 43.3 Å². The van der Waals surface area contributed by atoms with Crippen LogP contribution >= 0.6 is 0 Å². The highest BCUT2D eigenvalue weighted by Gasteiger charge is 2.13. The molecule has 0 radical (unpaired) electrons. The van der Waals surface area contributed by atoms with E-state index in [1.165, 1.54) is 6.92 Å². The molecule has 0 bridgehead atoms. The molecule has 3 aromatic rings. The second-order valence-electron chi connectivity index (χ2n) is 5.84. The van der Waals surface area contributed by atoms with E-state index in [2.05, 4.69) is 15.3 Å². The summed E-state index contributed by atoms with van der Waals surface area (Å²) in [6.07, 6.45) is 1.58. The molecule has 2 aromatic heterocycles. The van der Waals surface area contributed by atoms with Gasteiger partial charge in [0.1, 0.15) is 17.6 Å². The van der Waals surface area contributed by atoms with Crippen LogP contribution in [-0.4, -0.2) is 15.9 Å². The van der Waals surface area contributed by atoms with Crippen LogP contribution in [0.15, 0.2) is 42.6 Å². The number of carbonyl (C=O) groups excluding carboxylic acids is 1. The summed E-state index contributed by atoms with van der Waals surface area (Å²) in [6.45, 7) is 3.55. The van der Waals surface area contributed by atoms with Crippen molar-refractivity contribution in [2.75, 3.05) is 11.1 Å². The van der Waals surface area contributed by atoms with Gasteiger partial charge in [0, 0.05) is 17.1 Å². The summed E-state index contributed by atoms with van der Waals surface area (Å²) in [6, 6.07) is 13.5. The average molecular weight is 331 g/mol. The maximum atomic E-state index is 11.9. The van der Waals surface area contributed by atoms with Crippen molar-refractivity contribution in [1.29, 1.82) is 5.26 Å². The van der Waals surface area contributed by atoms with Gasteiger partial charge in [-0.25, -0.2) is 9.97 Å². The summed E-state index contributed by atoms with van der Waals surface area (Å²) >= 11 is 0. The summed E-state index contributed by atoms with van der Waals surface area (Å²) in [5.41, 5.74) is 8.94. The Balaban J connectivity index is 2.05. The molecule has 1 aromatic carbocycles. The van der Waals surface area contributed by atoms with E-state index in [1.54, 1.807) is 12.3 Å². The van der Waals surface area contributed by atoms with Gasteiger partial charge < -0.3 is 11.1 Å². The molecular weight excluding hydrogens is 314 g/mol. The zero-order chi connectivity index (χ0) is 18.0. The van der Waals surface area contributed by atoms with Gasteiger partial charge in [-0.05, 0) is 36.9 Å². The number of carbonyl (C=O) groups is 1. The summed E-state index contributed by atoms with van der Waals surface area (Å²) < 4.78 is 0. The minimum atomic E-state index is -0.748. The number of rotatable bonds is 3. The summed E-state index contributed by atoms with van der Waals surface area (Å²) in [7, 11) is 0. The monoisotopic (exact) mass is 331 g/mol. The largest absolute Gasteiger partial charge is 0.383 e. The highest BCUT2D eigenvalue weighted by molar-refractivity contribution is 5.98. The highest BCUT2D eigenvalue weighted by atomic mass is 16.1. The number of aromatic nitrogens is 2. The van der Waals surface area contributed by atoms with E-state index in [0.717, 1.165) is 22.2 Å². The Hall–Kier alpha value is -3.46. The maximum absolute atomic E-state index is 11.9. The predicted molar refractivity (Wildman–Crippen MR) is 97.5 cm³/mol. The van der Waals surface area contributed by atoms with Crippen LogP contribution in [0.4, 0.5) is 11.6 Å². The van der Waals surface area contributed by atoms with Gasteiger partial charge in [-0.1, -0.05) is 24.3 Å². The van der Waals surface area contributed by atoms with Gasteiger partial charge in [-0.15, -0.1) is 0 Å². The molecule has 0 spiro atoms. The lowest BCUT2D eigenvalue weighted by Gasteiger charge is -2.10. The van der Waals surface area contributed by atoms with Crippen LogP contribution in [0.1, 0.15) is 12.5 Å². The number of hydrogen-bond acceptors (Lipinski definition) is 5. The second kappa shape index (κ2) is 6.57. The van der Waals surface area contributed by atoms with Gasteiger partial charge in [0.25, 0.3) is 0 Å². The number of fused-ring (bicyclic) bond motifs is 1. The fraction of sp³-hybridized carbons (Fsp3) is 0.158. The molecule has 0 saturated heterocycles. The Bertz CT molecular complexity index is 1010. The number of nitrogen functional groups attached to an aromatic ring is 1. The second-order valence-corrected chi connectivity index (χ2v) is 5.84. The van der Waals surface area contributed by atoms with Gasteiger partial charge in [0.05, 0.1) is 11.8 Å². The first-order valence-electron chi connectivity index (χ1n) is 7.82. The number of aryl methyl sites for hydroxylation is 1. The van der Waals surface area contributed by atoms with Crippen molar-refractivity contribution < 1.29 is 4.79 Å². The van der Waals surface area contributed by atoms with E-state index in [4.69, 9.17) is 11.0 Å². The minimum absolute atomic E-state index is 0.376. The van der Waals surface area contributed by atoms with Crippen LogP contribution in [0.25, 0.3) is 22.0 Å². The molecule has 2 heterocycles. The van der Waals surface area contributed by atoms with Gasteiger partial charge in [-0.3, -0.25) is 4.79 Å². The van der Waals surface area contributed by atoms with Gasteiger partial charge in [0.15, 0.2) is 0 Å². The molecule has 0 fully saturated rings. The number of benzene rings is 1. The van der Waals surface area contributed by atoms with Crippen molar-refractivity contribution >= 4 is 28.3 Å². The van der Waals surface area contributed by atoms with Gasteiger partial charge >= 0.3 is 0 Å². The zero-order valence-electron chi connectivity index (χ0n) is 13.9. The van der Waals surface area contributed by atoms with Crippen LogP contribution in [0.2, 0.25) is 0 Å². The number of pyridine rings is 2. The lowest BCUT2D eigenvalue weighted by Crippen LogP contribution is -2.19. The molecule has 6 nitrogen and oxygen atoms in total. The molecule has 1 atom stereocenters. The van der Waals surface area contributed by atoms with Crippen LogP contribution in [0.5, 0.6) is 0 Å². The predicted octanol–water partition coefficient (Wildman–Crippen LogP) is 3.29. The number of anilines is 2. The summed E-state index contributed by atoms with van der Waals surface area (Å²) in [5.74, 6) is -0.384. The number of nitriles is 1. The lowest BCUT2D eigenvalue weighted by atomic mass is 10.0. The minimum Gasteiger partial charge on any atom is -0.383 e. The van der Waals surface area contributed by atoms with E-state index >= 15 is 0 Å². The molecule has 0 aliphatic carbocycles. The number of nitrogens with zero attached hydrogens (tertiary/aromatic N) is 3. The fourth-order valence-electron chi connectivity index (χ4n) is 2.53. The first-order valence-corrected chi connectivity index (χ1v) is 7.82. The van der Waals surface area contributed by atoms with Gasteiger partial charge in [0.2, 0.25) is 5.91 Å². The van der Waals surface area contributed by atoms with Crippen molar-refractivity contribution in [3.63, 3.8) is 0 Å². The highest BCUT2D eigenvalue weighted by Crippen LogP contribution is 2.28. The van der Waals surface area contributed by atoms with Crippen molar-refractivity contribution in [3.8, 4) is 17.3 Å². The summed E-state index contributed by atoms with van der Waals surface area (Å²) in [5, 5.41) is 13.0. The SMILES string of the molecule is Cc1ccccc1-c1cc2cc(NC(=O)C(C)C#N)ncc2c(N)n1. The third-order valence-electron chi connectivity index (χ3n) is 4.00.